The number of carbonyl (C=O) groups is 1. The minimum Gasteiger partial charge on any atom is -0.468 e. The van der Waals surface area contributed by atoms with Crippen LogP contribution in [0, 0.1) is 11.3 Å². The monoisotopic (exact) mass is 294 g/mol. The molecule has 0 spiro atoms. The molecule has 1 aliphatic heterocycles. The van der Waals surface area contributed by atoms with Crippen LogP contribution >= 0.6 is 0 Å². The van der Waals surface area contributed by atoms with Crippen molar-refractivity contribution in [2.24, 2.45) is 0 Å². The minimum atomic E-state index is -3.88. The van der Waals surface area contributed by atoms with Gasteiger partial charge in [0.1, 0.15) is 12.1 Å². The molecule has 0 saturated carbocycles. The maximum absolute atomic E-state index is 12.6. The predicted octanol–water partition coefficient (Wildman–Crippen LogP) is 0.884. The summed E-state index contributed by atoms with van der Waals surface area (Å²) >= 11 is 0. The summed E-state index contributed by atoms with van der Waals surface area (Å²) in [7, 11) is -2.64. The number of benzene rings is 1. The molecule has 1 saturated heterocycles. The van der Waals surface area contributed by atoms with Gasteiger partial charge in [0.2, 0.25) is 10.0 Å². The third-order valence-corrected chi connectivity index (χ3v) is 5.24. The number of rotatable bonds is 3. The molecule has 20 heavy (non-hydrogen) atoms. The number of hydrogen-bond donors (Lipinski definition) is 0. The Bertz CT molecular complexity index is 663. The van der Waals surface area contributed by atoms with Gasteiger partial charge in [-0.3, -0.25) is 4.79 Å². The number of methoxy groups -OCH3 is 1. The Morgan fingerprint density at radius 3 is 2.80 bits per heavy atom. The van der Waals surface area contributed by atoms with Crippen molar-refractivity contribution < 1.29 is 17.9 Å². The highest BCUT2D eigenvalue weighted by Crippen LogP contribution is 2.28. The Balaban J connectivity index is 2.45. The van der Waals surface area contributed by atoms with Gasteiger partial charge in [-0.25, -0.2) is 8.42 Å². The highest BCUT2D eigenvalue weighted by molar-refractivity contribution is 7.89. The molecule has 0 radical (unpaired) electrons. The zero-order valence-electron chi connectivity index (χ0n) is 10.9. The van der Waals surface area contributed by atoms with Crippen molar-refractivity contribution in [1.29, 1.82) is 5.26 Å². The van der Waals surface area contributed by atoms with E-state index in [-0.39, 0.29) is 17.0 Å². The number of nitriles is 1. The Morgan fingerprint density at radius 1 is 1.45 bits per heavy atom. The lowest BCUT2D eigenvalue weighted by molar-refractivity contribution is -0.144. The van der Waals surface area contributed by atoms with E-state index in [1.807, 2.05) is 6.07 Å². The summed E-state index contributed by atoms with van der Waals surface area (Å²) in [5.74, 6) is -0.569. The maximum atomic E-state index is 12.6. The minimum absolute atomic E-state index is 0.0710. The lowest BCUT2D eigenvalue weighted by atomic mass is 10.2. The van der Waals surface area contributed by atoms with Crippen LogP contribution in [0.5, 0.6) is 0 Å². The summed E-state index contributed by atoms with van der Waals surface area (Å²) in [5, 5.41) is 9.02. The Hall–Kier alpha value is -1.91. The van der Waals surface area contributed by atoms with Crippen molar-refractivity contribution in [3.8, 4) is 6.07 Å². The number of sulfonamides is 1. The number of esters is 1. The lowest BCUT2D eigenvalue weighted by Gasteiger charge is -2.22. The van der Waals surface area contributed by atoms with E-state index in [1.54, 1.807) is 12.1 Å². The van der Waals surface area contributed by atoms with E-state index >= 15 is 0 Å². The highest BCUT2D eigenvalue weighted by atomic mass is 32.2. The fraction of sp³-hybridized carbons (Fsp3) is 0.385. The van der Waals surface area contributed by atoms with Crippen LogP contribution in [0.3, 0.4) is 0 Å². The van der Waals surface area contributed by atoms with Crippen molar-refractivity contribution in [2.45, 2.75) is 23.8 Å². The number of ether oxygens (including phenoxy) is 1. The molecular weight excluding hydrogens is 280 g/mol. The van der Waals surface area contributed by atoms with Gasteiger partial charge >= 0.3 is 5.97 Å². The van der Waals surface area contributed by atoms with Crippen LogP contribution in [0.2, 0.25) is 0 Å². The van der Waals surface area contributed by atoms with E-state index in [2.05, 4.69) is 4.74 Å². The average Bonchev–Trinajstić information content (AvgIpc) is 2.96. The van der Waals surface area contributed by atoms with E-state index in [1.165, 1.54) is 19.2 Å². The van der Waals surface area contributed by atoms with Crippen molar-refractivity contribution in [1.82, 2.24) is 4.31 Å². The second-order valence-electron chi connectivity index (χ2n) is 4.40. The fourth-order valence-corrected chi connectivity index (χ4v) is 4.10. The maximum Gasteiger partial charge on any atom is 0.324 e. The summed E-state index contributed by atoms with van der Waals surface area (Å²) in [6.07, 6.45) is 1.02. The number of hydrogen-bond acceptors (Lipinski definition) is 5. The van der Waals surface area contributed by atoms with Crippen LogP contribution in [0.25, 0.3) is 0 Å². The molecule has 1 aromatic rings. The SMILES string of the molecule is COC(=O)C1CCCN1S(=O)(=O)c1ccccc1C#N. The number of carbonyl (C=O) groups excluding carboxylic acids is 1. The topological polar surface area (TPSA) is 87.5 Å². The third-order valence-electron chi connectivity index (χ3n) is 3.27. The van der Waals surface area contributed by atoms with Gasteiger partial charge in [0.25, 0.3) is 0 Å². The Morgan fingerprint density at radius 2 is 2.15 bits per heavy atom. The lowest BCUT2D eigenvalue weighted by Crippen LogP contribution is -2.41. The Labute approximate surface area is 117 Å². The van der Waals surface area contributed by atoms with Gasteiger partial charge in [-0.15, -0.1) is 0 Å². The molecule has 1 fully saturated rings. The first-order valence-corrected chi connectivity index (χ1v) is 7.55. The summed E-state index contributed by atoms with van der Waals surface area (Å²) < 4.78 is 31.0. The normalized spacial score (nSPS) is 19.5. The molecule has 1 aliphatic rings. The predicted molar refractivity (Wildman–Crippen MR) is 70.1 cm³/mol. The van der Waals surface area contributed by atoms with Gasteiger partial charge in [-0.1, -0.05) is 12.1 Å². The first-order valence-electron chi connectivity index (χ1n) is 6.11. The molecule has 0 N–H and O–H groups in total. The number of nitrogens with zero attached hydrogens (tertiary/aromatic N) is 2. The molecule has 2 rings (SSSR count). The highest BCUT2D eigenvalue weighted by Gasteiger charge is 2.40. The van der Waals surface area contributed by atoms with E-state index in [9.17, 15) is 13.2 Å². The second-order valence-corrected chi connectivity index (χ2v) is 6.26. The summed E-state index contributed by atoms with van der Waals surface area (Å²) in [5.41, 5.74) is 0.0722. The quantitative estimate of drug-likeness (QED) is 0.772. The van der Waals surface area contributed by atoms with Crippen LogP contribution in [0.4, 0.5) is 0 Å². The molecule has 1 heterocycles. The van der Waals surface area contributed by atoms with Gasteiger partial charge < -0.3 is 4.74 Å². The van der Waals surface area contributed by atoms with E-state index in [0.29, 0.717) is 12.8 Å². The summed E-state index contributed by atoms with van der Waals surface area (Å²) in [6.45, 7) is 0.252. The zero-order valence-corrected chi connectivity index (χ0v) is 11.8. The molecule has 0 bridgehead atoms. The fourth-order valence-electron chi connectivity index (χ4n) is 2.31. The molecule has 1 unspecified atom stereocenters. The van der Waals surface area contributed by atoms with E-state index < -0.39 is 22.0 Å². The molecule has 1 aromatic carbocycles. The van der Waals surface area contributed by atoms with Gasteiger partial charge in [-0.05, 0) is 25.0 Å². The standard InChI is InChI=1S/C13H14N2O4S/c1-19-13(16)11-6-4-8-15(11)20(17,18)12-7-3-2-5-10(12)9-14/h2-3,5,7,11H,4,6,8H2,1H3. The first-order chi connectivity index (χ1) is 9.52. The van der Waals surface area contributed by atoms with Gasteiger partial charge in [0.15, 0.2) is 0 Å². The van der Waals surface area contributed by atoms with Crippen molar-refractivity contribution in [3.05, 3.63) is 29.8 Å². The second kappa shape index (κ2) is 5.61. The van der Waals surface area contributed by atoms with Crippen LogP contribution in [-0.4, -0.2) is 38.4 Å². The van der Waals surface area contributed by atoms with Crippen molar-refractivity contribution >= 4 is 16.0 Å². The largest absolute Gasteiger partial charge is 0.468 e. The average molecular weight is 294 g/mol. The van der Waals surface area contributed by atoms with Gasteiger partial charge in [-0.2, -0.15) is 9.57 Å². The first kappa shape index (κ1) is 14.5. The van der Waals surface area contributed by atoms with E-state index in [0.717, 1.165) is 4.31 Å². The van der Waals surface area contributed by atoms with Crippen LogP contribution < -0.4 is 0 Å². The van der Waals surface area contributed by atoms with Crippen molar-refractivity contribution in [3.63, 3.8) is 0 Å². The molecule has 7 heteroatoms. The Kier molecular flexibility index (Phi) is 4.06. The molecule has 6 nitrogen and oxygen atoms in total. The smallest absolute Gasteiger partial charge is 0.324 e. The van der Waals surface area contributed by atoms with E-state index in [4.69, 9.17) is 5.26 Å². The molecule has 0 aromatic heterocycles. The summed E-state index contributed by atoms with van der Waals surface area (Å²) in [6, 6.07) is 7.02. The van der Waals surface area contributed by atoms with Gasteiger partial charge in [0.05, 0.1) is 17.6 Å². The molecular formula is C13H14N2O4S. The van der Waals surface area contributed by atoms with Crippen LogP contribution in [0.15, 0.2) is 29.2 Å². The molecule has 106 valence electrons. The van der Waals surface area contributed by atoms with Crippen molar-refractivity contribution in [2.75, 3.05) is 13.7 Å². The third kappa shape index (κ3) is 2.40. The van der Waals surface area contributed by atoms with Crippen LogP contribution in [-0.2, 0) is 19.6 Å². The zero-order chi connectivity index (χ0) is 14.8. The molecule has 0 aliphatic carbocycles. The van der Waals surface area contributed by atoms with Gasteiger partial charge in [0, 0.05) is 6.54 Å². The van der Waals surface area contributed by atoms with Crippen LogP contribution in [0.1, 0.15) is 18.4 Å². The summed E-state index contributed by atoms with van der Waals surface area (Å²) in [4.78, 5) is 11.6. The molecule has 1 atom stereocenters. The molecule has 0 amide bonds.